The number of hydrogen-bond acceptors (Lipinski definition) is 5. The molecule has 2 bridgehead atoms. The SMILES string of the molecule is CC1=[N+](C)N=CC1c1cc2nc(C3CC4CCN3CC4)[nH]c(=O)c2s1. The van der Waals surface area contributed by atoms with Crippen molar-refractivity contribution in [2.75, 3.05) is 20.1 Å². The van der Waals surface area contributed by atoms with E-state index in [4.69, 9.17) is 4.98 Å². The third kappa shape index (κ3) is 2.40. The lowest BCUT2D eigenvalue weighted by Gasteiger charge is -2.44. The van der Waals surface area contributed by atoms with Crippen molar-refractivity contribution in [2.24, 2.45) is 11.0 Å². The Labute approximate surface area is 149 Å². The molecule has 3 fully saturated rings. The number of thiophene rings is 1. The highest BCUT2D eigenvalue weighted by atomic mass is 32.1. The Bertz CT molecular complexity index is 963. The fourth-order valence-corrected chi connectivity index (χ4v) is 5.50. The molecule has 0 radical (unpaired) electrons. The van der Waals surface area contributed by atoms with Crippen molar-refractivity contribution in [2.45, 2.75) is 38.1 Å². The molecule has 1 N–H and O–H groups in total. The van der Waals surface area contributed by atoms with E-state index in [9.17, 15) is 4.79 Å². The minimum absolute atomic E-state index is 0.000148. The van der Waals surface area contributed by atoms with Crippen LogP contribution in [0.3, 0.4) is 0 Å². The predicted octanol–water partition coefficient (Wildman–Crippen LogP) is 2.33. The number of piperidine rings is 3. The summed E-state index contributed by atoms with van der Waals surface area (Å²) in [6.45, 7) is 4.34. The average molecular weight is 356 g/mol. The fraction of sp³-hybridized carbons (Fsp3) is 0.556. The summed E-state index contributed by atoms with van der Waals surface area (Å²) in [5.41, 5.74) is 2.01. The van der Waals surface area contributed by atoms with Gasteiger partial charge in [0.15, 0.2) is 12.8 Å². The summed E-state index contributed by atoms with van der Waals surface area (Å²) in [5.74, 6) is 1.79. The van der Waals surface area contributed by atoms with E-state index in [0.29, 0.717) is 0 Å². The Hall–Kier alpha value is -1.86. The molecule has 7 heteroatoms. The molecule has 3 saturated heterocycles. The van der Waals surface area contributed by atoms with E-state index in [1.165, 1.54) is 29.9 Å². The van der Waals surface area contributed by atoms with Crippen molar-refractivity contribution >= 4 is 33.5 Å². The zero-order chi connectivity index (χ0) is 17.1. The van der Waals surface area contributed by atoms with Crippen molar-refractivity contribution in [3.8, 4) is 0 Å². The molecule has 130 valence electrons. The summed E-state index contributed by atoms with van der Waals surface area (Å²) in [4.78, 5) is 24.2. The van der Waals surface area contributed by atoms with Gasteiger partial charge in [-0.05, 0) is 49.4 Å². The number of aromatic nitrogens is 2. The first-order chi connectivity index (χ1) is 12.1. The van der Waals surface area contributed by atoms with E-state index in [0.717, 1.165) is 46.3 Å². The molecule has 4 aliphatic heterocycles. The zero-order valence-corrected chi connectivity index (χ0v) is 15.3. The third-order valence-corrected chi connectivity index (χ3v) is 7.24. The summed E-state index contributed by atoms with van der Waals surface area (Å²) in [6, 6.07) is 2.36. The molecule has 2 atom stereocenters. The number of aromatic amines is 1. The second-order valence-corrected chi connectivity index (χ2v) is 8.54. The fourth-order valence-electron chi connectivity index (χ4n) is 4.38. The Kier molecular flexibility index (Phi) is 3.43. The topological polar surface area (TPSA) is 64.4 Å². The largest absolute Gasteiger partial charge is 0.308 e. The smallest absolute Gasteiger partial charge is 0.268 e. The van der Waals surface area contributed by atoms with Gasteiger partial charge in [0.25, 0.3) is 5.56 Å². The molecule has 0 aromatic carbocycles. The summed E-state index contributed by atoms with van der Waals surface area (Å²) >= 11 is 1.54. The Balaban J connectivity index is 1.56. The molecule has 4 aliphatic rings. The van der Waals surface area contributed by atoms with Gasteiger partial charge in [-0.25, -0.2) is 4.98 Å². The van der Waals surface area contributed by atoms with Crippen LogP contribution in [0.25, 0.3) is 10.2 Å². The van der Waals surface area contributed by atoms with Crippen LogP contribution >= 0.6 is 11.3 Å². The molecule has 2 aromatic rings. The highest BCUT2D eigenvalue weighted by Gasteiger charge is 2.36. The van der Waals surface area contributed by atoms with Crippen LogP contribution in [0.4, 0.5) is 0 Å². The van der Waals surface area contributed by atoms with Crippen LogP contribution in [-0.4, -0.2) is 51.6 Å². The van der Waals surface area contributed by atoms with Crippen LogP contribution in [0, 0.1) is 5.92 Å². The third-order valence-electron chi connectivity index (χ3n) is 6.04. The first-order valence-corrected chi connectivity index (χ1v) is 9.81. The van der Waals surface area contributed by atoms with Gasteiger partial charge in [-0.3, -0.25) is 9.69 Å². The lowest BCUT2D eigenvalue weighted by Crippen LogP contribution is -2.44. The molecular formula is C18H22N5OS+. The summed E-state index contributed by atoms with van der Waals surface area (Å²) in [6.07, 6.45) is 5.64. The monoisotopic (exact) mass is 356 g/mol. The van der Waals surface area contributed by atoms with E-state index in [1.807, 2.05) is 17.9 Å². The molecule has 6 rings (SSSR count). The molecule has 25 heavy (non-hydrogen) atoms. The van der Waals surface area contributed by atoms with Crippen LogP contribution in [0.2, 0.25) is 0 Å². The molecule has 6 heterocycles. The Morgan fingerprint density at radius 3 is 2.80 bits per heavy atom. The van der Waals surface area contributed by atoms with Crippen LogP contribution in [-0.2, 0) is 0 Å². The molecule has 0 aliphatic carbocycles. The maximum atomic E-state index is 12.7. The van der Waals surface area contributed by atoms with E-state index in [2.05, 4.69) is 28.0 Å². The first kappa shape index (κ1) is 15.4. The van der Waals surface area contributed by atoms with Crippen molar-refractivity contribution in [1.82, 2.24) is 14.9 Å². The maximum Gasteiger partial charge on any atom is 0.268 e. The second-order valence-electron chi connectivity index (χ2n) is 7.45. The van der Waals surface area contributed by atoms with Gasteiger partial charge < -0.3 is 4.98 Å². The highest BCUT2D eigenvalue weighted by molar-refractivity contribution is 7.19. The number of nitrogens with zero attached hydrogens (tertiary/aromatic N) is 4. The predicted molar refractivity (Wildman–Crippen MR) is 100.0 cm³/mol. The zero-order valence-electron chi connectivity index (χ0n) is 14.5. The second kappa shape index (κ2) is 5.57. The lowest BCUT2D eigenvalue weighted by molar-refractivity contribution is -0.499. The highest BCUT2D eigenvalue weighted by Crippen LogP contribution is 2.39. The van der Waals surface area contributed by atoms with Gasteiger partial charge in [0.1, 0.15) is 16.4 Å². The maximum absolute atomic E-state index is 12.7. The first-order valence-electron chi connectivity index (χ1n) is 8.99. The standard InChI is InChI=1S/C18H21N5OS/c1-10-12(9-19-22(10)2)15-8-13-16(25-15)18(24)21-17(20-13)14-7-11-3-5-23(14)6-4-11/h8-9,11-12,14H,3-7H2,1-2H3/p+1. The number of hydrogen-bond donors (Lipinski definition) is 1. The molecule has 0 saturated carbocycles. The van der Waals surface area contributed by atoms with Gasteiger partial charge in [-0.1, -0.05) is 4.68 Å². The van der Waals surface area contributed by atoms with Gasteiger partial charge in [0, 0.05) is 11.8 Å². The number of H-pyrrole nitrogens is 1. The van der Waals surface area contributed by atoms with Gasteiger partial charge >= 0.3 is 0 Å². The van der Waals surface area contributed by atoms with Crippen molar-refractivity contribution < 1.29 is 4.68 Å². The molecule has 2 unspecified atom stereocenters. The molecule has 0 amide bonds. The minimum atomic E-state index is -0.000148. The van der Waals surface area contributed by atoms with Crippen LogP contribution in [0.15, 0.2) is 16.0 Å². The van der Waals surface area contributed by atoms with Gasteiger partial charge in [-0.15, -0.1) is 11.3 Å². The minimum Gasteiger partial charge on any atom is -0.308 e. The number of rotatable bonds is 2. The van der Waals surface area contributed by atoms with E-state index in [-0.39, 0.29) is 17.5 Å². The molecule has 2 aromatic heterocycles. The van der Waals surface area contributed by atoms with E-state index in [1.54, 1.807) is 0 Å². The summed E-state index contributed by atoms with van der Waals surface area (Å²) in [5, 5.41) is 4.35. The number of hydrazone groups is 1. The molecular weight excluding hydrogens is 334 g/mol. The summed E-state index contributed by atoms with van der Waals surface area (Å²) in [7, 11) is 1.95. The van der Waals surface area contributed by atoms with E-state index >= 15 is 0 Å². The number of fused-ring (bicyclic) bond motifs is 4. The van der Waals surface area contributed by atoms with Gasteiger partial charge in [-0.2, -0.15) is 0 Å². The summed E-state index contributed by atoms with van der Waals surface area (Å²) < 4.78 is 2.62. The number of nitrogens with one attached hydrogen (secondary N) is 1. The Morgan fingerprint density at radius 2 is 2.16 bits per heavy atom. The normalized spacial score (nSPS) is 31.4. The van der Waals surface area contributed by atoms with Crippen molar-refractivity contribution in [1.29, 1.82) is 0 Å². The van der Waals surface area contributed by atoms with E-state index < -0.39 is 0 Å². The van der Waals surface area contributed by atoms with Crippen LogP contribution in [0.1, 0.15) is 48.8 Å². The van der Waals surface area contributed by atoms with Crippen LogP contribution < -0.4 is 5.56 Å². The molecule has 6 nitrogen and oxygen atoms in total. The van der Waals surface area contributed by atoms with Crippen molar-refractivity contribution in [3.05, 3.63) is 27.1 Å². The Morgan fingerprint density at radius 1 is 1.36 bits per heavy atom. The quantitative estimate of drug-likeness (QED) is 0.840. The van der Waals surface area contributed by atoms with Gasteiger partial charge in [0.2, 0.25) is 0 Å². The molecule has 0 spiro atoms. The average Bonchev–Trinajstić information content (AvgIpc) is 3.20. The van der Waals surface area contributed by atoms with Crippen molar-refractivity contribution in [3.63, 3.8) is 0 Å². The lowest BCUT2D eigenvalue weighted by atomic mass is 9.83. The van der Waals surface area contributed by atoms with Crippen LogP contribution in [0.5, 0.6) is 0 Å². The van der Waals surface area contributed by atoms with Gasteiger partial charge in [0.05, 0.1) is 17.8 Å².